The molecule has 4 rings (SSSR count). The molecule has 9 heteroatoms. The van der Waals surface area contributed by atoms with Gasteiger partial charge in [0.2, 0.25) is 0 Å². The van der Waals surface area contributed by atoms with Crippen LogP contribution in [-0.4, -0.2) is 32.1 Å². The van der Waals surface area contributed by atoms with Crippen LogP contribution >= 0.6 is 0 Å². The fourth-order valence-corrected chi connectivity index (χ4v) is 4.44. The van der Waals surface area contributed by atoms with Gasteiger partial charge in [-0.05, 0) is 77.0 Å². The Bertz CT molecular complexity index is 703. The minimum Gasteiger partial charge on any atom is -0.315 e. The number of aromatic nitrogens is 3. The molecule has 3 fully saturated rings. The molecule has 1 heterocycles. The zero-order valence-corrected chi connectivity index (χ0v) is 19.6. The van der Waals surface area contributed by atoms with E-state index in [1.165, 1.54) is 38.5 Å². The molecule has 0 spiro atoms. The Labute approximate surface area is 196 Å². The van der Waals surface area contributed by atoms with Crippen molar-refractivity contribution in [3.05, 3.63) is 0 Å². The highest BCUT2D eigenvalue weighted by Gasteiger charge is 2.14. The van der Waals surface area contributed by atoms with Gasteiger partial charge in [-0.2, -0.15) is 0 Å². The zero-order chi connectivity index (χ0) is 22.6. The molecule has 0 unspecified atom stereocenters. The van der Waals surface area contributed by atoms with Crippen LogP contribution < -0.4 is 14.5 Å². The molecule has 0 atom stereocenters. The predicted octanol–water partition coefficient (Wildman–Crippen LogP) is 6.14. The normalized spacial score (nSPS) is 20.2. The van der Waals surface area contributed by atoms with E-state index in [9.17, 15) is 0 Å². The Morgan fingerprint density at radius 2 is 0.606 bits per heavy atom. The number of nitrogens with zero attached hydrogens (tertiary/aromatic N) is 6. The summed E-state index contributed by atoms with van der Waals surface area (Å²) in [5.41, 5.74) is 3.11. The summed E-state index contributed by atoms with van der Waals surface area (Å²) in [6.07, 6.45) is 19.9. The van der Waals surface area contributed by atoms with Crippen LogP contribution in [-0.2, 0) is 0 Å². The maximum atomic E-state index is 5.57. The van der Waals surface area contributed by atoms with Crippen molar-refractivity contribution in [3.63, 3.8) is 0 Å². The maximum Gasteiger partial charge on any atom is 0.355 e. The highest BCUT2D eigenvalue weighted by atomic mass is 16.7. The summed E-state index contributed by atoms with van der Waals surface area (Å²) >= 11 is 0. The Kier molecular flexibility index (Phi) is 9.43. The van der Waals surface area contributed by atoms with Crippen molar-refractivity contribution >= 4 is 17.1 Å². The third kappa shape index (κ3) is 8.37. The minimum atomic E-state index is 0.0360. The summed E-state index contributed by atoms with van der Waals surface area (Å²) in [6, 6.07) is 0.108. The summed E-state index contributed by atoms with van der Waals surface area (Å²) in [7, 11) is 0. The predicted molar refractivity (Wildman–Crippen MR) is 127 cm³/mol. The summed E-state index contributed by atoms with van der Waals surface area (Å²) in [4.78, 5) is 29.5. The highest BCUT2D eigenvalue weighted by Crippen LogP contribution is 2.21. The second-order valence-electron chi connectivity index (χ2n) is 9.17. The summed E-state index contributed by atoms with van der Waals surface area (Å²) in [5, 5.41) is 12.9. The molecule has 0 aromatic carbocycles. The van der Waals surface area contributed by atoms with Crippen LogP contribution in [0, 0.1) is 0 Å². The van der Waals surface area contributed by atoms with Crippen molar-refractivity contribution in [2.24, 2.45) is 15.5 Å². The number of oxime groups is 3. The first-order valence-electron chi connectivity index (χ1n) is 12.8. The van der Waals surface area contributed by atoms with E-state index in [0.29, 0.717) is 0 Å². The molecule has 0 aliphatic heterocycles. The van der Waals surface area contributed by atoms with Crippen molar-refractivity contribution in [2.75, 3.05) is 0 Å². The molecule has 180 valence electrons. The Morgan fingerprint density at radius 1 is 0.364 bits per heavy atom. The first-order chi connectivity index (χ1) is 16.3. The van der Waals surface area contributed by atoms with Gasteiger partial charge >= 0.3 is 18.0 Å². The third-order valence-electron chi connectivity index (χ3n) is 6.39. The summed E-state index contributed by atoms with van der Waals surface area (Å²) in [6.45, 7) is 0. The molecule has 0 amide bonds. The van der Waals surface area contributed by atoms with Crippen LogP contribution in [0.4, 0.5) is 0 Å². The molecule has 33 heavy (non-hydrogen) atoms. The van der Waals surface area contributed by atoms with Gasteiger partial charge in [0.05, 0.1) is 17.1 Å². The van der Waals surface area contributed by atoms with E-state index in [2.05, 4.69) is 30.4 Å². The van der Waals surface area contributed by atoms with Crippen LogP contribution in [0.2, 0.25) is 0 Å². The molecule has 0 bridgehead atoms. The Morgan fingerprint density at radius 3 is 0.848 bits per heavy atom. The van der Waals surface area contributed by atoms with Gasteiger partial charge in [0.15, 0.2) is 0 Å². The van der Waals surface area contributed by atoms with Gasteiger partial charge in [0.1, 0.15) is 0 Å². The van der Waals surface area contributed by atoms with Crippen LogP contribution in [0.5, 0.6) is 18.0 Å². The average Bonchev–Trinajstić information content (AvgIpc) is 3.36. The molecular weight excluding hydrogens is 420 g/mol. The smallest absolute Gasteiger partial charge is 0.315 e. The van der Waals surface area contributed by atoms with Gasteiger partial charge in [-0.1, -0.05) is 54.0 Å². The van der Waals surface area contributed by atoms with E-state index in [-0.39, 0.29) is 18.0 Å². The molecule has 1 aromatic heterocycles. The molecule has 0 N–H and O–H groups in total. The van der Waals surface area contributed by atoms with Gasteiger partial charge in [-0.25, -0.2) is 0 Å². The standard InChI is InChI=1S/C24H36N6O3/c1-2-8-14-19(13-7-1)28-31-22-25-23(32-29-20-15-9-3-4-10-16-20)27-24(26-22)33-30-21-17-11-5-6-12-18-21/h1-18H2. The third-order valence-corrected chi connectivity index (χ3v) is 6.39. The fourth-order valence-electron chi connectivity index (χ4n) is 4.44. The van der Waals surface area contributed by atoms with E-state index >= 15 is 0 Å². The zero-order valence-electron chi connectivity index (χ0n) is 19.6. The first-order valence-corrected chi connectivity index (χ1v) is 12.8. The Hall–Kier alpha value is -2.58. The number of hydrogen-bond acceptors (Lipinski definition) is 9. The quantitative estimate of drug-likeness (QED) is 0.376. The van der Waals surface area contributed by atoms with Crippen molar-refractivity contribution in [1.29, 1.82) is 0 Å². The monoisotopic (exact) mass is 456 g/mol. The Balaban J connectivity index is 1.48. The van der Waals surface area contributed by atoms with Gasteiger partial charge < -0.3 is 14.5 Å². The number of hydrogen-bond donors (Lipinski definition) is 0. The first kappa shape index (κ1) is 23.6. The van der Waals surface area contributed by atoms with Gasteiger partial charge in [0.25, 0.3) is 0 Å². The topological polar surface area (TPSA) is 103 Å². The lowest BCUT2D eigenvalue weighted by Gasteiger charge is -2.06. The van der Waals surface area contributed by atoms with Gasteiger partial charge in [0, 0.05) is 0 Å². The van der Waals surface area contributed by atoms with Gasteiger partial charge in [-0.15, -0.1) is 15.0 Å². The lowest BCUT2D eigenvalue weighted by Crippen LogP contribution is -2.06. The van der Waals surface area contributed by atoms with Gasteiger partial charge in [-0.3, -0.25) is 0 Å². The molecule has 0 radical (unpaired) electrons. The fraction of sp³-hybridized carbons (Fsp3) is 0.750. The number of rotatable bonds is 6. The second kappa shape index (κ2) is 13.2. The lowest BCUT2D eigenvalue weighted by atomic mass is 10.2. The van der Waals surface area contributed by atoms with Crippen molar-refractivity contribution < 1.29 is 14.5 Å². The van der Waals surface area contributed by atoms with Crippen molar-refractivity contribution in [1.82, 2.24) is 15.0 Å². The molecule has 3 saturated carbocycles. The van der Waals surface area contributed by atoms with Crippen LogP contribution in [0.25, 0.3) is 0 Å². The molecule has 3 aliphatic carbocycles. The molecule has 3 aliphatic rings. The largest absolute Gasteiger partial charge is 0.355 e. The van der Waals surface area contributed by atoms with Crippen LogP contribution in [0.15, 0.2) is 15.5 Å². The van der Waals surface area contributed by atoms with Crippen molar-refractivity contribution in [3.8, 4) is 18.0 Å². The van der Waals surface area contributed by atoms with E-state index in [1.54, 1.807) is 0 Å². The molecule has 0 saturated heterocycles. The maximum absolute atomic E-state index is 5.57. The second-order valence-corrected chi connectivity index (χ2v) is 9.17. The molecular formula is C24H36N6O3. The van der Waals surface area contributed by atoms with Crippen LogP contribution in [0.1, 0.15) is 116 Å². The van der Waals surface area contributed by atoms with E-state index in [4.69, 9.17) is 14.5 Å². The molecule has 9 nitrogen and oxygen atoms in total. The SMILES string of the molecule is C1CCCC(=NOc2nc(ON=C3CCCCCC3)nc(ON=C3CCCCCC3)n2)CC1. The highest BCUT2D eigenvalue weighted by molar-refractivity contribution is 5.85. The van der Waals surface area contributed by atoms with Crippen molar-refractivity contribution in [2.45, 2.75) is 116 Å². The summed E-state index contributed by atoms with van der Waals surface area (Å²) < 4.78 is 0. The van der Waals surface area contributed by atoms with E-state index in [0.717, 1.165) is 94.2 Å². The average molecular weight is 457 g/mol. The van der Waals surface area contributed by atoms with E-state index in [1.807, 2.05) is 0 Å². The molecule has 1 aromatic rings. The summed E-state index contributed by atoms with van der Waals surface area (Å²) in [5.74, 6) is 0. The van der Waals surface area contributed by atoms with E-state index < -0.39 is 0 Å². The van der Waals surface area contributed by atoms with Crippen LogP contribution in [0.3, 0.4) is 0 Å². The lowest BCUT2D eigenvalue weighted by molar-refractivity contribution is 0.248. The minimum absolute atomic E-state index is 0.0360.